The molecule has 0 aliphatic heterocycles. The molecule has 1 amide bonds. The summed E-state index contributed by atoms with van der Waals surface area (Å²) in [6.07, 6.45) is 4.42. The molecule has 2 rings (SSSR count). The van der Waals surface area contributed by atoms with Gasteiger partial charge in [-0.2, -0.15) is 0 Å². The number of amides is 1. The third-order valence-corrected chi connectivity index (χ3v) is 4.27. The molecule has 3 heteroatoms. The highest BCUT2D eigenvalue weighted by Gasteiger charge is 2.31. The van der Waals surface area contributed by atoms with Crippen molar-refractivity contribution in [1.82, 2.24) is 4.90 Å². The number of nitrogens with zero attached hydrogens (tertiary/aromatic N) is 1. The van der Waals surface area contributed by atoms with Gasteiger partial charge in [0.2, 0.25) is 5.91 Å². The van der Waals surface area contributed by atoms with Gasteiger partial charge in [-0.3, -0.25) is 4.79 Å². The van der Waals surface area contributed by atoms with Crippen LogP contribution in [-0.4, -0.2) is 29.3 Å². The maximum atomic E-state index is 12.7. The molecule has 19 heavy (non-hydrogen) atoms. The van der Waals surface area contributed by atoms with Crippen molar-refractivity contribution in [3.05, 3.63) is 35.9 Å². The Labute approximate surface area is 120 Å². The second-order valence-electron chi connectivity index (χ2n) is 5.29. The fraction of sp³-hybridized carbons (Fsp3) is 0.562. The summed E-state index contributed by atoms with van der Waals surface area (Å²) in [6, 6.07) is 10.5. The summed E-state index contributed by atoms with van der Waals surface area (Å²) in [5.41, 5.74) is 1.10. The summed E-state index contributed by atoms with van der Waals surface area (Å²) in [7, 11) is 0. The zero-order valence-corrected chi connectivity index (χ0v) is 12.3. The van der Waals surface area contributed by atoms with E-state index in [0.717, 1.165) is 31.4 Å². The number of halogens is 1. The summed E-state index contributed by atoms with van der Waals surface area (Å²) in [6.45, 7) is 2.80. The van der Waals surface area contributed by atoms with E-state index in [1.54, 1.807) is 0 Å². The topological polar surface area (TPSA) is 20.3 Å². The van der Waals surface area contributed by atoms with Gasteiger partial charge >= 0.3 is 0 Å². The minimum absolute atomic E-state index is 0.0582. The van der Waals surface area contributed by atoms with Gasteiger partial charge < -0.3 is 4.90 Å². The molecule has 0 saturated heterocycles. The lowest BCUT2D eigenvalue weighted by Crippen LogP contribution is -2.46. The number of benzene rings is 1. The maximum absolute atomic E-state index is 12.7. The molecule has 1 unspecified atom stereocenters. The summed E-state index contributed by atoms with van der Waals surface area (Å²) >= 11 is 5.77. The third kappa shape index (κ3) is 3.50. The van der Waals surface area contributed by atoms with Gasteiger partial charge in [0, 0.05) is 18.5 Å². The zero-order valence-electron chi connectivity index (χ0n) is 11.5. The highest BCUT2D eigenvalue weighted by atomic mass is 35.5. The molecular formula is C16H22ClNO. The SMILES string of the molecule is CC(C(=O)N(CCCCl)C1CCC1)c1ccccc1. The summed E-state index contributed by atoms with van der Waals surface area (Å²) in [5, 5.41) is 0. The Morgan fingerprint density at radius 1 is 1.37 bits per heavy atom. The van der Waals surface area contributed by atoms with Crippen LogP contribution in [0.25, 0.3) is 0 Å². The van der Waals surface area contributed by atoms with Gasteiger partial charge in [-0.25, -0.2) is 0 Å². The van der Waals surface area contributed by atoms with Crippen molar-refractivity contribution in [2.24, 2.45) is 0 Å². The molecule has 1 fully saturated rings. The van der Waals surface area contributed by atoms with Crippen molar-refractivity contribution in [2.45, 2.75) is 44.6 Å². The Morgan fingerprint density at radius 2 is 2.05 bits per heavy atom. The lowest BCUT2D eigenvalue weighted by atomic mass is 9.89. The fourth-order valence-corrected chi connectivity index (χ4v) is 2.65. The quantitative estimate of drug-likeness (QED) is 0.726. The number of hydrogen-bond acceptors (Lipinski definition) is 1. The fourth-order valence-electron chi connectivity index (χ4n) is 2.53. The predicted octanol–water partition coefficient (Wildman–Crippen LogP) is 3.80. The molecule has 0 spiro atoms. The molecule has 1 saturated carbocycles. The standard InChI is InChI=1S/C16H22ClNO/c1-13(14-7-3-2-4-8-14)16(19)18(12-6-11-17)15-9-5-10-15/h2-4,7-8,13,15H,5-6,9-12H2,1H3. The van der Waals surface area contributed by atoms with Crippen LogP contribution >= 0.6 is 11.6 Å². The molecule has 1 aromatic rings. The van der Waals surface area contributed by atoms with Crippen molar-refractivity contribution in [1.29, 1.82) is 0 Å². The lowest BCUT2D eigenvalue weighted by molar-refractivity contribution is -0.136. The van der Waals surface area contributed by atoms with Crippen molar-refractivity contribution in [3.63, 3.8) is 0 Å². The average molecular weight is 280 g/mol. The number of alkyl halides is 1. The minimum atomic E-state index is -0.0582. The molecule has 0 aromatic heterocycles. The van der Waals surface area contributed by atoms with Crippen LogP contribution in [0, 0.1) is 0 Å². The summed E-state index contributed by atoms with van der Waals surface area (Å²) < 4.78 is 0. The zero-order chi connectivity index (χ0) is 13.7. The van der Waals surface area contributed by atoms with E-state index in [9.17, 15) is 4.79 Å². The van der Waals surface area contributed by atoms with Crippen molar-refractivity contribution < 1.29 is 4.79 Å². The number of carbonyl (C=O) groups is 1. The second kappa shape index (κ2) is 6.95. The van der Waals surface area contributed by atoms with E-state index in [2.05, 4.69) is 4.90 Å². The molecule has 1 atom stereocenters. The van der Waals surface area contributed by atoms with Crippen LogP contribution in [0.1, 0.15) is 44.1 Å². The summed E-state index contributed by atoms with van der Waals surface area (Å²) in [5.74, 6) is 0.814. The van der Waals surface area contributed by atoms with E-state index in [-0.39, 0.29) is 11.8 Å². The Morgan fingerprint density at radius 3 is 2.58 bits per heavy atom. The molecule has 0 N–H and O–H groups in total. The van der Waals surface area contributed by atoms with Crippen LogP contribution in [0.15, 0.2) is 30.3 Å². The molecule has 2 nitrogen and oxygen atoms in total. The van der Waals surface area contributed by atoms with E-state index in [0.29, 0.717) is 11.9 Å². The minimum Gasteiger partial charge on any atom is -0.339 e. The first-order valence-corrected chi connectivity index (χ1v) is 7.69. The molecule has 104 valence electrons. The largest absolute Gasteiger partial charge is 0.339 e. The van der Waals surface area contributed by atoms with Gasteiger partial charge in [0.1, 0.15) is 0 Å². The highest BCUT2D eigenvalue weighted by molar-refractivity contribution is 6.17. The Bertz CT molecular complexity index is 402. The van der Waals surface area contributed by atoms with Crippen LogP contribution in [0.3, 0.4) is 0 Å². The normalized spacial score (nSPS) is 16.7. The van der Waals surface area contributed by atoms with Gasteiger partial charge in [0.15, 0.2) is 0 Å². The first kappa shape index (κ1) is 14.4. The first-order chi connectivity index (χ1) is 9.24. The van der Waals surface area contributed by atoms with Crippen LogP contribution in [-0.2, 0) is 4.79 Å². The maximum Gasteiger partial charge on any atom is 0.230 e. The van der Waals surface area contributed by atoms with Gasteiger partial charge in [-0.05, 0) is 38.2 Å². The van der Waals surface area contributed by atoms with Crippen LogP contribution < -0.4 is 0 Å². The van der Waals surface area contributed by atoms with Gasteiger partial charge in [0.25, 0.3) is 0 Å². The number of hydrogen-bond donors (Lipinski definition) is 0. The monoisotopic (exact) mass is 279 g/mol. The molecule has 1 aliphatic carbocycles. The Hall–Kier alpha value is -1.02. The Balaban J connectivity index is 2.05. The van der Waals surface area contributed by atoms with E-state index < -0.39 is 0 Å². The molecule has 0 radical (unpaired) electrons. The van der Waals surface area contributed by atoms with E-state index in [1.807, 2.05) is 37.3 Å². The highest BCUT2D eigenvalue weighted by Crippen LogP contribution is 2.28. The van der Waals surface area contributed by atoms with Crippen molar-refractivity contribution in [3.8, 4) is 0 Å². The lowest BCUT2D eigenvalue weighted by Gasteiger charge is -2.39. The first-order valence-electron chi connectivity index (χ1n) is 7.15. The second-order valence-corrected chi connectivity index (χ2v) is 5.67. The predicted molar refractivity (Wildman–Crippen MR) is 79.5 cm³/mol. The van der Waals surface area contributed by atoms with Crippen LogP contribution in [0.2, 0.25) is 0 Å². The molecule has 1 aromatic carbocycles. The summed E-state index contributed by atoms with van der Waals surface area (Å²) in [4.78, 5) is 14.7. The van der Waals surface area contributed by atoms with Crippen molar-refractivity contribution in [2.75, 3.05) is 12.4 Å². The van der Waals surface area contributed by atoms with Crippen molar-refractivity contribution >= 4 is 17.5 Å². The van der Waals surface area contributed by atoms with E-state index in [1.165, 1.54) is 6.42 Å². The third-order valence-electron chi connectivity index (χ3n) is 4.00. The van der Waals surface area contributed by atoms with E-state index in [4.69, 9.17) is 11.6 Å². The molecule has 0 bridgehead atoms. The van der Waals surface area contributed by atoms with Gasteiger partial charge in [-0.15, -0.1) is 11.6 Å². The van der Waals surface area contributed by atoms with Crippen LogP contribution in [0.5, 0.6) is 0 Å². The van der Waals surface area contributed by atoms with Gasteiger partial charge in [0.05, 0.1) is 5.92 Å². The smallest absolute Gasteiger partial charge is 0.230 e. The Kier molecular flexibility index (Phi) is 5.26. The average Bonchev–Trinajstić information content (AvgIpc) is 2.40. The number of carbonyl (C=O) groups excluding carboxylic acids is 1. The molecule has 1 aliphatic rings. The van der Waals surface area contributed by atoms with Gasteiger partial charge in [-0.1, -0.05) is 30.3 Å². The number of rotatable bonds is 6. The molecular weight excluding hydrogens is 258 g/mol. The molecule has 0 heterocycles. The van der Waals surface area contributed by atoms with Crippen LogP contribution in [0.4, 0.5) is 0 Å². The van der Waals surface area contributed by atoms with E-state index >= 15 is 0 Å².